The van der Waals surface area contributed by atoms with E-state index in [1.165, 1.54) is 4.90 Å². The molecule has 0 saturated carbocycles. The molecule has 0 aromatic carbocycles. The molecule has 0 aromatic heterocycles. The van der Waals surface area contributed by atoms with E-state index in [9.17, 15) is 13.6 Å². The van der Waals surface area contributed by atoms with E-state index in [4.69, 9.17) is 0 Å². The highest BCUT2D eigenvalue weighted by atomic mass is 19.2. The second-order valence-electron chi connectivity index (χ2n) is 2.86. The molecule has 5 heteroatoms. The molecular formula is C7H12F2N2O. The van der Waals surface area contributed by atoms with Gasteiger partial charge in [-0.15, -0.1) is 0 Å². The third-order valence-electron chi connectivity index (χ3n) is 1.86. The van der Waals surface area contributed by atoms with Gasteiger partial charge in [0.25, 0.3) is 0 Å². The molecule has 0 radical (unpaired) electrons. The zero-order valence-electron chi connectivity index (χ0n) is 6.89. The van der Waals surface area contributed by atoms with E-state index in [-0.39, 0.29) is 25.5 Å². The number of nitrogens with zero attached hydrogens (tertiary/aromatic N) is 1. The van der Waals surface area contributed by atoms with Crippen LogP contribution in [0.2, 0.25) is 0 Å². The zero-order valence-corrected chi connectivity index (χ0v) is 6.89. The first-order chi connectivity index (χ1) is 5.65. The SMILES string of the molecule is CNCC(=O)N1C[C@@H](F)[C@@H](F)C1. The molecule has 0 aromatic rings. The predicted molar refractivity (Wildman–Crippen MR) is 40.3 cm³/mol. The highest BCUT2D eigenvalue weighted by molar-refractivity contribution is 5.78. The summed E-state index contributed by atoms with van der Waals surface area (Å²) in [5.41, 5.74) is 0. The molecule has 70 valence electrons. The Morgan fingerprint density at radius 2 is 2.00 bits per heavy atom. The molecule has 12 heavy (non-hydrogen) atoms. The summed E-state index contributed by atoms with van der Waals surface area (Å²) in [6, 6.07) is 0. The second-order valence-corrected chi connectivity index (χ2v) is 2.86. The molecule has 1 amide bonds. The lowest BCUT2D eigenvalue weighted by Crippen LogP contribution is -2.35. The van der Waals surface area contributed by atoms with E-state index < -0.39 is 12.3 Å². The number of nitrogens with one attached hydrogen (secondary N) is 1. The number of likely N-dealkylation sites (N-methyl/N-ethyl adjacent to an activating group) is 1. The minimum atomic E-state index is -1.51. The van der Waals surface area contributed by atoms with Crippen molar-refractivity contribution >= 4 is 5.91 Å². The van der Waals surface area contributed by atoms with Crippen LogP contribution in [0.1, 0.15) is 0 Å². The Balaban J connectivity index is 2.40. The summed E-state index contributed by atoms with van der Waals surface area (Å²) < 4.78 is 25.2. The van der Waals surface area contributed by atoms with E-state index in [1.807, 2.05) is 0 Å². The fourth-order valence-electron chi connectivity index (χ4n) is 1.19. The van der Waals surface area contributed by atoms with E-state index >= 15 is 0 Å². The summed E-state index contributed by atoms with van der Waals surface area (Å²) in [5, 5.41) is 2.64. The monoisotopic (exact) mass is 178 g/mol. The van der Waals surface area contributed by atoms with Gasteiger partial charge in [-0.05, 0) is 7.05 Å². The Morgan fingerprint density at radius 3 is 2.42 bits per heavy atom. The van der Waals surface area contributed by atoms with Crippen LogP contribution in [0.3, 0.4) is 0 Å². The van der Waals surface area contributed by atoms with Gasteiger partial charge in [0.05, 0.1) is 19.6 Å². The predicted octanol–water partition coefficient (Wildman–Crippen LogP) is -0.276. The zero-order chi connectivity index (χ0) is 9.14. The fraction of sp³-hybridized carbons (Fsp3) is 0.857. The number of carbonyl (C=O) groups is 1. The van der Waals surface area contributed by atoms with E-state index in [0.717, 1.165) is 0 Å². The van der Waals surface area contributed by atoms with Crippen molar-refractivity contribution in [1.82, 2.24) is 10.2 Å². The van der Waals surface area contributed by atoms with Gasteiger partial charge >= 0.3 is 0 Å². The fourth-order valence-corrected chi connectivity index (χ4v) is 1.19. The van der Waals surface area contributed by atoms with Crippen molar-refractivity contribution in [1.29, 1.82) is 0 Å². The minimum absolute atomic E-state index is 0.109. The summed E-state index contributed by atoms with van der Waals surface area (Å²) in [6.07, 6.45) is -3.02. The number of rotatable bonds is 2. The molecule has 1 N–H and O–H groups in total. The third kappa shape index (κ3) is 1.91. The molecule has 0 unspecified atom stereocenters. The van der Waals surface area contributed by atoms with Crippen molar-refractivity contribution in [2.24, 2.45) is 0 Å². The number of likely N-dealkylation sites (tertiary alicyclic amines) is 1. The Morgan fingerprint density at radius 1 is 1.50 bits per heavy atom. The van der Waals surface area contributed by atoms with Crippen LogP contribution in [0, 0.1) is 0 Å². The van der Waals surface area contributed by atoms with Gasteiger partial charge in [0.15, 0.2) is 12.3 Å². The Bertz CT molecular complexity index is 167. The van der Waals surface area contributed by atoms with Crippen LogP contribution >= 0.6 is 0 Å². The van der Waals surface area contributed by atoms with Gasteiger partial charge in [-0.1, -0.05) is 0 Å². The largest absolute Gasteiger partial charge is 0.336 e. The molecule has 1 fully saturated rings. The van der Waals surface area contributed by atoms with Crippen LogP contribution in [0.15, 0.2) is 0 Å². The summed E-state index contributed by atoms with van der Waals surface area (Å²) in [5.74, 6) is -0.250. The number of carbonyl (C=O) groups excluding carboxylic acids is 1. The van der Waals surface area contributed by atoms with Gasteiger partial charge in [0, 0.05) is 0 Å². The number of halogens is 2. The molecule has 3 nitrogen and oxygen atoms in total. The number of amides is 1. The van der Waals surface area contributed by atoms with Crippen LogP contribution < -0.4 is 5.32 Å². The van der Waals surface area contributed by atoms with Crippen molar-refractivity contribution in [3.05, 3.63) is 0 Å². The lowest BCUT2D eigenvalue weighted by Gasteiger charge is -2.13. The van der Waals surface area contributed by atoms with Crippen molar-refractivity contribution < 1.29 is 13.6 Å². The highest BCUT2D eigenvalue weighted by Crippen LogP contribution is 2.16. The van der Waals surface area contributed by atoms with Crippen molar-refractivity contribution in [2.45, 2.75) is 12.3 Å². The molecular weight excluding hydrogens is 166 g/mol. The maximum Gasteiger partial charge on any atom is 0.236 e. The quantitative estimate of drug-likeness (QED) is 0.631. The molecule has 1 aliphatic heterocycles. The molecule has 0 spiro atoms. The number of hydrogen-bond donors (Lipinski definition) is 1. The summed E-state index contributed by atoms with van der Waals surface area (Å²) in [4.78, 5) is 12.3. The summed E-state index contributed by atoms with van der Waals surface area (Å²) >= 11 is 0. The van der Waals surface area contributed by atoms with Crippen LogP contribution in [-0.2, 0) is 4.79 Å². The summed E-state index contributed by atoms with van der Waals surface area (Å²) in [6.45, 7) is -0.0806. The number of hydrogen-bond acceptors (Lipinski definition) is 2. The molecule has 2 atom stereocenters. The van der Waals surface area contributed by atoms with E-state index in [2.05, 4.69) is 5.32 Å². The van der Waals surface area contributed by atoms with Gasteiger partial charge < -0.3 is 10.2 Å². The Kier molecular flexibility index (Phi) is 2.97. The first-order valence-corrected chi connectivity index (χ1v) is 3.85. The molecule has 0 aliphatic carbocycles. The molecule has 1 heterocycles. The maximum atomic E-state index is 12.6. The first kappa shape index (κ1) is 9.38. The number of alkyl halides is 2. The van der Waals surface area contributed by atoms with Gasteiger partial charge in [-0.2, -0.15) is 0 Å². The highest BCUT2D eigenvalue weighted by Gasteiger charge is 2.34. The minimum Gasteiger partial charge on any atom is -0.336 e. The van der Waals surface area contributed by atoms with Gasteiger partial charge in [-0.3, -0.25) is 4.79 Å². The van der Waals surface area contributed by atoms with Gasteiger partial charge in [0.1, 0.15) is 0 Å². The molecule has 0 bridgehead atoms. The average Bonchev–Trinajstić information content (AvgIpc) is 2.33. The lowest BCUT2D eigenvalue weighted by atomic mass is 10.3. The summed E-state index contributed by atoms with van der Waals surface area (Å²) in [7, 11) is 1.62. The standard InChI is InChI=1S/C7H12F2N2O/c1-10-2-7(12)11-3-5(8)6(9)4-11/h5-6,10H,2-4H2,1H3/t5-,6+. The van der Waals surface area contributed by atoms with Crippen LogP contribution in [0.5, 0.6) is 0 Å². The van der Waals surface area contributed by atoms with Crippen LogP contribution in [0.4, 0.5) is 8.78 Å². The van der Waals surface area contributed by atoms with E-state index in [0.29, 0.717) is 0 Å². The topological polar surface area (TPSA) is 32.3 Å². The first-order valence-electron chi connectivity index (χ1n) is 3.85. The smallest absolute Gasteiger partial charge is 0.236 e. The second kappa shape index (κ2) is 3.80. The van der Waals surface area contributed by atoms with Gasteiger partial charge in [-0.25, -0.2) is 8.78 Å². The molecule has 1 aliphatic rings. The van der Waals surface area contributed by atoms with Crippen LogP contribution in [0.25, 0.3) is 0 Å². The van der Waals surface area contributed by atoms with Crippen LogP contribution in [-0.4, -0.2) is 49.8 Å². The third-order valence-corrected chi connectivity index (χ3v) is 1.86. The normalized spacial score (nSPS) is 29.4. The Hall–Kier alpha value is -0.710. The maximum absolute atomic E-state index is 12.6. The van der Waals surface area contributed by atoms with E-state index in [1.54, 1.807) is 7.05 Å². The Labute approximate surface area is 69.7 Å². The van der Waals surface area contributed by atoms with Crippen molar-refractivity contribution in [3.8, 4) is 0 Å². The van der Waals surface area contributed by atoms with Gasteiger partial charge in [0.2, 0.25) is 5.91 Å². The molecule has 1 rings (SSSR count). The van der Waals surface area contributed by atoms with Crippen molar-refractivity contribution in [2.75, 3.05) is 26.7 Å². The lowest BCUT2D eigenvalue weighted by molar-refractivity contribution is -0.129. The van der Waals surface area contributed by atoms with Crippen molar-refractivity contribution in [3.63, 3.8) is 0 Å². The average molecular weight is 178 g/mol. The molecule has 1 saturated heterocycles.